The number of hydrogen-bond donors (Lipinski definition) is 2. The standard InChI is InChI=1S/C14H13F3N2O/c1-8-6-9(2-4-11(8)18)10-3-5-12(19)13(7-10)20-14(15,16)17/h2-7H,18-19H2,1H3. The van der Waals surface area contributed by atoms with Gasteiger partial charge in [0.05, 0.1) is 5.69 Å². The van der Waals surface area contributed by atoms with Crippen LogP contribution in [0, 0.1) is 6.92 Å². The fraction of sp³-hybridized carbons (Fsp3) is 0.143. The van der Waals surface area contributed by atoms with Crippen LogP contribution in [-0.2, 0) is 0 Å². The van der Waals surface area contributed by atoms with Crippen molar-refractivity contribution in [2.45, 2.75) is 13.3 Å². The van der Waals surface area contributed by atoms with Crippen LogP contribution in [0.5, 0.6) is 5.75 Å². The third-order valence-corrected chi connectivity index (χ3v) is 2.84. The Morgan fingerprint density at radius 1 is 0.900 bits per heavy atom. The molecule has 0 amide bonds. The van der Waals surface area contributed by atoms with Crippen molar-refractivity contribution < 1.29 is 17.9 Å². The molecule has 0 aliphatic carbocycles. The fourth-order valence-electron chi connectivity index (χ4n) is 1.78. The molecule has 0 atom stereocenters. The lowest BCUT2D eigenvalue weighted by atomic mass is 10.0. The number of anilines is 2. The second kappa shape index (κ2) is 4.96. The Morgan fingerprint density at radius 3 is 2.00 bits per heavy atom. The fourth-order valence-corrected chi connectivity index (χ4v) is 1.78. The normalized spacial score (nSPS) is 11.4. The van der Waals surface area contributed by atoms with Gasteiger partial charge in [-0.25, -0.2) is 0 Å². The SMILES string of the molecule is Cc1cc(-c2ccc(N)c(OC(F)(F)F)c2)ccc1N. The zero-order valence-corrected chi connectivity index (χ0v) is 10.7. The summed E-state index contributed by atoms with van der Waals surface area (Å²) < 4.78 is 40.7. The number of aryl methyl sites for hydroxylation is 1. The molecule has 3 nitrogen and oxygen atoms in total. The summed E-state index contributed by atoms with van der Waals surface area (Å²) in [6.07, 6.45) is -4.77. The van der Waals surface area contributed by atoms with E-state index >= 15 is 0 Å². The Balaban J connectivity index is 2.42. The molecule has 0 aliphatic heterocycles. The van der Waals surface area contributed by atoms with Crippen LogP contribution in [0.3, 0.4) is 0 Å². The molecule has 4 N–H and O–H groups in total. The van der Waals surface area contributed by atoms with Crippen LogP contribution < -0.4 is 16.2 Å². The Morgan fingerprint density at radius 2 is 1.45 bits per heavy atom. The summed E-state index contributed by atoms with van der Waals surface area (Å²) >= 11 is 0. The number of benzene rings is 2. The Labute approximate surface area is 114 Å². The molecule has 0 spiro atoms. The molecule has 0 unspecified atom stereocenters. The van der Waals surface area contributed by atoms with Gasteiger partial charge in [0.1, 0.15) is 0 Å². The van der Waals surface area contributed by atoms with Crippen LogP contribution in [-0.4, -0.2) is 6.36 Å². The first-order valence-corrected chi connectivity index (χ1v) is 5.78. The highest BCUT2D eigenvalue weighted by Crippen LogP contribution is 2.33. The first kappa shape index (κ1) is 14.0. The first-order valence-electron chi connectivity index (χ1n) is 5.78. The van der Waals surface area contributed by atoms with Crippen molar-refractivity contribution in [3.05, 3.63) is 42.0 Å². The van der Waals surface area contributed by atoms with Crippen molar-refractivity contribution in [2.75, 3.05) is 11.5 Å². The van der Waals surface area contributed by atoms with E-state index in [0.717, 1.165) is 11.1 Å². The number of halogens is 3. The minimum Gasteiger partial charge on any atom is -0.404 e. The molecule has 2 rings (SSSR count). The highest BCUT2D eigenvalue weighted by Gasteiger charge is 2.32. The number of hydrogen-bond acceptors (Lipinski definition) is 3. The maximum absolute atomic E-state index is 12.3. The molecule has 2 aromatic rings. The van der Waals surface area contributed by atoms with Crippen molar-refractivity contribution in [1.82, 2.24) is 0 Å². The molecule has 2 aromatic carbocycles. The number of nitrogen functional groups attached to an aromatic ring is 2. The zero-order valence-electron chi connectivity index (χ0n) is 10.7. The van der Waals surface area contributed by atoms with Crippen molar-refractivity contribution in [1.29, 1.82) is 0 Å². The average Bonchev–Trinajstić information content (AvgIpc) is 2.34. The van der Waals surface area contributed by atoms with Crippen molar-refractivity contribution >= 4 is 11.4 Å². The number of rotatable bonds is 2. The maximum atomic E-state index is 12.3. The molecule has 0 saturated carbocycles. The van der Waals surface area contributed by atoms with Crippen molar-refractivity contribution in [3.8, 4) is 16.9 Å². The summed E-state index contributed by atoms with van der Waals surface area (Å²) in [4.78, 5) is 0. The molecule has 0 aliphatic rings. The molecular weight excluding hydrogens is 269 g/mol. The highest BCUT2D eigenvalue weighted by molar-refractivity contribution is 5.72. The van der Waals surface area contributed by atoms with Crippen LogP contribution in [0.2, 0.25) is 0 Å². The summed E-state index contributed by atoms with van der Waals surface area (Å²) in [5, 5.41) is 0. The Kier molecular flexibility index (Phi) is 3.48. The smallest absolute Gasteiger partial charge is 0.404 e. The molecule has 0 fully saturated rings. The van der Waals surface area contributed by atoms with Gasteiger partial charge >= 0.3 is 6.36 Å². The Bertz CT molecular complexity index is 639. The first-order chi connectivity index (χ1) is 9.26. The van der Waals surface area contributed by atoms with Gasteiger partial charge in [-0.1, -0.05) is 12.1 Å². The van der Waals surface area contributed by atoms with Gasteiger partial charge in [0, 0.05) is 5.69 Å². The van der Waals surface area contributed by atoms with E-state index < -0.39 is 12.1 Å². The predicted molar refractivity (Wildman–Crippen MR) is 72.1 cm³/mol. The van der Waals surface area contributed by atoms with Gasteiger partial charge in [-0.05, 0) is 47.9 Å². The monoisotopic (exact) mass is 282 g/mol. The summed E-state index contributed by atoms with van der Waals surface area (Å²) in [5.41, 5.74) is 13.9. The lowest BCUT2D eigenvalue weighted by Gasteiger charge is -2.13. The topological polar surface area (TPSA) is 61.3 Å². The van der Waals surface area contributed by atoms with E-state index in [9.17, 15) is 13.2 Å². The molecule has 0 bridgehead atoms. The number of alkyl halides is 3. The largest absolute Gasteiger partial charge is 0.573 e. The second-order valence-corrected chi connectivity index (χ2v) is 4.37. The minimum atomic E-state index is -4.77. The van der Waals surface area contributed by atoms with Gasteiger partial charge in [-0.2, -0.15) is 0 Å². The van der Waals surface area contributed by atoms with Crippen LogP contribution in [0.1, 0.15) is 5.56 Å². The van der Waals surface area contributed by atoms with E-state index in [-0.39, 0.29) is 5.69 Å². The molecule has 0 aromatic heterocycles. The lowest BCUT2D eigenvalue weighted by Crippen LogP contribution is -2.18. The van der Waals surface area contributed by atoms with Gasteiger partial charge in [-0.3, -0.25) is 0 Å². The average molecular weight is 282 g/mol. The molecule has 106 valence electrons. The highest BCUT2D eigenvalue weighted by atomic mass is 19.4. The summed E-state index contributed by atoms with van der Waals surface area (Å²) in [5.74, 6) is -0.413. The van der Waals surface area contributed by atoms with E-state index in [1.54, 1.807) is 24.3 Å². The summed E-state index contributed by atoms with van der Waals surface area (Å²) in [6.45, 7) is 1.82. The van der Waals surface area contributed by atoms with Gasteiger partial charge in [0.25, 0.3) is 0 Å². The quantitative estimate of drug-likeness (QED) is 0.825. The van der Waals surface area contributed by atoms with E-state index in [0.29, 0.717) is 11.3 Å². The summed E-state index contributed by atoms with van der Waals surface area (Å²) in [6, 6.07) is 9.48. The van der Waals surface area contributed by atoms with E-state index in [1.807, 2.05) is 6.92 Å². The molecule has 0 heterocycles. The van der Waals surface area contributed by atoms with Crippen LogP contribution in [0.4, 0.5) is 24.5 Å². The number of ether oxygens (including phenoxy) is 1. The predicted octanol–water partition coefficient (Wildman–Crippen LogP) is 3.73. The third kappa shape index (κ3) is 3.14. The van der Waals surface area contributed by atoms with Gasteiger partial charge < -0.3 is 16.2 Å². The Hall–Kier alpha value is -2.37. The van der Waals surface area contributed by atoms with Crippen LogP contribution in [0.15, 0.2) is 36.4 Å². The maximum Gasteiger partial charge on any atom is 0.573 e. The van der Waals surface area contributed by atoms with Crippen molar-refractivity contribution in [2.24, 2.45) is 0 Å². The third-order valence-electron chi connectivity index (χ3n) is 2.84. The zero-order chi connectivity index (χ0) is 14.9. The van der Waals surface area contributed by atoms with Gasteiger partial charge in [0.2, 0.25) is 0 Å². The lowest BCUT2D eigenvalue weighted by molar-refractivity contribution is -0.274. The van der Waals surface area contributed by atoms with Gasteiger partial charge in [-0.15, -0.1) is 13.2 Å². The van der Waals surface area contributed by atoms with Crippen LogP contribution in [0.25, 0.3) is 11.1 Å². The van der Waals surface area contributed by atoms with Crippen molar-refractivity contribution in [3.63, 3.8) is 0 Å². The molecule has 20 heavy (non-hydrogen) atoms. The van der Waals surface area contributed by atoms with Gasteiger partial charge in [0.15, 0.2) is 5.75 Å². The second-order valence-electron chi connectivity index (χ2n) is 4.37. The van der Waals surface area contributed by atoms with Crippen LogP contribution >= 0.6 is 0 Å². The van der Waals surface area contributed by atoms with E-state index in [2.05, 4.69) is 4.74 Å². The van der Waals surface area contributed by atoms with E-state index in [4.69, 9.17) is 11.5 Å². The molecule has 6 heteroatoms. The molecular formula is C14H13F3N2O. The summed E-state index contributed by atoms with van der Waals surface area (Å²) in [7, 11) is 0. The minimum absolute atomic E-state index is 0.0711. The van der Waals surface area contributed by atoms with E-state index in [1.165, 1.54) is 12.1 Å². The number of nitrogens with two attached hydrogens (primary N) is 2. The molecule has 0 saturated heterocycles. The molecule has 0 radical (unpaired) electrons.